The molecule has 3 rings (SSSR count). The monoisotopic (exact) mass is 427 g/mol. The summed E-state index contributed by atoms with van der Waals surface area (Å²) in [6.07, 6.45) is -4.92. The van der Waals surface area contributed by atoms with E-state index in [1.165, 1.54) is 44.6 Å². The van der Waals surface area contributed by atoms with Crippen LogP contribution in [0.2, 0.25) is 0 Å². The molecule has 6 nitrogen and oxygen atoms in total. The van der Waals surface area contributed by atoms with Crippen molar-refractivity contribution in [3.63, 3.8) is 0 Å². The van der Waals surface area contributed by atoms with Gasteiger partial charge < -0.3 is 14.2 Å². The highest BCUT2D eigenvalue weighted by Crippen LogP contribution is 2.39. The standard InChI is InChI=1S/C19H13ClF3NO5/c1-27-13-7-6-10(8-14(13)28-2)15-16(20)18(26)24(17(15)25)11-4-3-5-12(9-11)29-19(21,22)23/h3-9H,1-2H3. The molecule has 152 valence electrons. The Bertz CT molecular complexity index is 1020. The number of carbonyl (C=O) groups excluding carboxylic acids is 2. The van der Waals surface area contributed by atoms with Gasteiger partial charge in [0.2, 0.25) is 0 Å². The lowest BCUT2D eigenvalue weighted by atomic mass is 10.1. The number of hydrogen-bond acceptors (Lipinski definition) is 5. The number of amides is 2. The molecule has 2 aromatic carbocycles. The molecular formula is C19H13ClF3NO5. The van der Waals surface area contributed by atoms with Crippen molar-refractivity contribution in [3.05, 3.63) is 53.1 Å². The van der Waals surface area contributed by atoms with Gasteiger partial charge in [-0.1, -0.05) is 23.7 Å². The molecule has 2 amide bonds. The molecule has 29 heavy (non-hydrogen) atoms. The second kappa shape index (κ2) is 7.67. The molecule has 0 aromatic heterocycles. The third-order valence-corrected chi connectivity index (χ3v) is 4.36. The number of nitrogens with zero attached hydrogens (tertiary/aromatic N) is 1. The van der Waals surface area contributed by atoms with Gasteiger partial charge in [-0.15, -0.1) is 13.2 Å². The molecule has 0 atom stereocenters. The number of benzene rings is 2. The SMILES string of the molecule is COc1ccc(C2=C(Cl)C(=O)N(c3cccc(OC(F)(F)F)c3)C2=O)cc1OC. The molecule has 0 saturated heterocycles. The summed E-state index contributed by atoms with van der Waals surface area (Å²) < 4.78 is 51.5. The van der Waals surface area contributed by atoms with Gasteiger partial charge in [-0.2, -0.15) is 0 Å². The van der Waals surface area contributed by atoms with Crippen LogP contribution in [0, 0.1) is 0 Å². The molecule has 0 unspecified atom stereocenters. The summed E-state index contributed by atoms with van der Waals surface area (Å²) >= 11 is 6.10. The summed E-state index contributed by atoms with van der Waals surface area (Å²) in [6.45, 7) is 0. The first-order chi connectivity index (χ1) is 13.7. The largest absolute Gasteiger partial charge is 0.573 e. The van der Waals surface area contributed by atoms with Gasteiger partial charge in [0, 0.05) is 6.07 Å². The van der Waals surface area contributed by atoms with Crippen LogP contribution >= 0.6 is 11.6 Å². The lowest BCUT2D eigenvalue weighted by molar-refractivity contribution is -0.274. The van der Waals surface area contributed by atoms with Crippen LogP contribution in [0.5, 0.6) is 17.2 Å². The second-order valence-electron chi connectivity index (χ2n) is 5.75. The Labute approximate surface area is 168 Å². The molecule has 0 saturated carbocycles. The van der Waals surface area contributed by atoms with Gasteiger partial charge in [-0.25, -0.2) is 4.90 Å². The fourth-order valence-corrected chi connectivity index (χ4v) is 3.07. The van der Waals surface area contributed by atoms with E-state index in [2.05, 4.69) is 4.74 Å². The van der Waals surface area contributed by atoms with E-state index in [-0.39, 0.29) is 21.9 Å². The van der Waals surface area contributed by atoms with Crippen molar-refractivity contribution in [2.24, 2.45) is 0 Å². The smallest absolute Gasteiger partial charge is 0.493 e. The predicted octanol–water partition coefficient (Wildman–Crippen LogP) is 4.13. The van der Waals surface area contributed by atoms with Crippen LogP contribution in [0.1, 0.15) is 5.56 Å². The lowest BCUT2D eigenvalue weighted by Crippen LogP contribution is -2.31. The maximum Gasteiger partial charge on any atom is 0.573 e. The van der Waals surface area contributed by atoms with E-state index in [4.69, 9.17) is 21.1 Å². The number of rotatable bonds is 5. The zero-order valence-electron chi connectivity index (χ0n) is 15.0. The van der Waals surface area contributed by atoms with E-state index < -0.39 is 23.9 Å². The zero-order valence-corrected chi connectivity index (χ0v) is 15.8. The van der Waals surface area contributed by atoms with Crippen molar-refractivity contribution in [2.75, 3.05) is 19.1 Å². The molecule has 0 N–H and O–H groups in total. The number of ether oxygens (including phenoxy) is 3. The molecular weight excluding hydrogens is 415 g/mol. The van der Waals surface area contributed by atoms with Crippen molar-refractivity contribution in [3.8, 4) is 17.2 Å². The van der Waals surface area contributed by atoms with Gasteiger partial charge in [0.1, 0.15) is 10.8 Å². The molecule has 10 heteroatoms. The highest BCUT2D eigenvalue weighted by atomic mass is 35.5. The molecule has 0 spiro atoms. The molecule has 0 aliphatic carbocycles. The number of methoxy groups -OCH3 is 2. The van der Waals surface area contributed by atoms with Crippen LogP contribution in [0.15, 0.2) is 47.5 Å². The van der Waals surface area contributed by atoms with Crippen LogP contribution in [-0.4, -0.2) is 32.4 Å². The first-order valence-electron chi connectivity index (χ1n) is 8.03. The molecule has 0 bridgehead atoms. The highest BCUT2D eigenvalue weighted by Gasteiger charge is 2.40. The van der Waals surface area contributed by atoms with Crippen LogP contribution in [-0.2, 0) is 9.59 Å². The summed E-state index contributed by atoms with van der Waals surface area (Å²) in [4.78, 5) is 26.2. The van der Waals surface area contributed by atoms with Crippen molar-refractivity contribution < 1.29 is 37.0 Å². The van der Waals surface area contributed by atoms with Gasteiger partial charge in [0.05, 0.1) is 25.5 Å². The number of imide groups is 1. The van der Waals surface area contributed by atoms with E-state index in [0.717, 1.165) is 12.1 Å². The van der Waals surface area contributed by atoms with Crippen LogP contribution in [0.3, 0.4) is 0 Å². The number of alkyl halides is 3. The number of anilines is 1. The number of carbonyl (C=O) groups is 2. The van der Waals surface area contributed by atoms with Crippen LogP contribution in [0.4, 0.5) is 18.9 Å². The zero-order chi connectivity index (χ0) is 21.3. The average Bonchev–Trinajstić information content (AvgIpc) is 2.88. The minimum absolute atomic E-state index is 0.111. The van der Waals surface area contributed by atoms with Crippen molar-refractivity contribution >= 4 is 34.7 Å². The predicted molar refractivity (Wildman–Crippen MR) is 97.9 cm³/mol. The highest BCUT2D eigenvalue weighted by molar-refractivity contribution is 6.60. The van der Waals surface area contributed by atoms with Crippen molar-refractivity contribution in [1.82, 2.24) is 0 Å². The number of hydrogen-bond donors (Lipinski definition) is 0. The first-order valence-corrected chi connectivity index (χ1v) is 8.41. The Kier molecular flexibility index (Phi) is 5.43. The van der Waals surface area contributed by atoms with Gasteiger partial charge in [-0.3, -0.25) is 9.59 Å². The van der Waals surface area contributed by atoms with Crippen molar-refractivity contribution in [2.45, 2.75) is 6.36 Å². The third-order valence-electron chi connectivity index (χ3n) is 4.01. The molecule has 0 fully saturated rings. The minimum Gasteiger partial charge on any atom is -0.493 e. The Balaban J connectivity index is 1.99. The Morgan fingerprint density at radius 1 is 0.931 bits per heavy atom. The molecule has 1 aliphatic heterocycles. The summed E-state index contributed by atoms with van der Waals surface area (Å²) in [6, 6.07) is 8.99. The fraction of sp³-hybridized carbons (Fsp3) is 0.158. The molecule has 0 radical (unpaired) electrons. The first kappa shape index (κ1) is 20.5. The molecule has 1 aliphatic rings. The maximum atomic E-state index is 12.9. The van der Waals surface area contributed by atoms with E-state index in [0.29, 0.717) is 16.4 Å². The van der Waals surface area contributed by atoms with Gasteiger partial charge in [-0.05, 0) is 29.8 Å². The third kappa shape index (κ3) is 4.00. The summed E-state index contributed by atoms with van der Waals surface area (Å²) in [5.74, 6) is -1.53. The Hall–Kier alpha value is -3.20. The fourth-order valence-electron chi connectivity index (χ4n) is 2.80. The molecule has 1 heterocycles. The van der Waals surface area contributed by atoms with E-state index in [9.17, 15) is 22.8 Å². The maximum absolute atomic E-state index is 12.9. The second-order valence-corrected chi connectivity index (χ2v) is 6.13. The van der Waals surface area contributed by atoms with E-state index in [1.807, 2.05) is 0 Å². The van der Waals surface area contributed by atoms with Gasteiger partial charge in [0.25, 0.3) is 11.8 Å². The van der Waals surface area contributed by atoms with E-state index in [1.54, 1.807) is 0 Å². The van der Waals surface area contributed by atoms with Crippen LogP contribution < -0.4 is 19.1 Å². The summed E-state index contributed by atoms with van der Waals surface area (Å²) in [5.41, 5.74) is 0.0614. The summed E-state index contributed by atoms with van der Waals surface area (Å²) in [5, 5.41) is -0.371. The summed E-state index contributed by atoms with van der Waals surface area (Å²) in [7, 11) is 2.84. The average molecular weight is 428 g/mol. The van der Waals surface area contributed by atoms with Gasteiger partial charge >= 0.3 is 6.36 Å². The molecule has 2 aromatic rings. The quantitative estimate of drug-likeness (QED) is 0.671. The van der Waals surface area contributed by atoms with Gasteiger partial charge in [0.15, 0.2) is 11.5 Å². The Morgan fingerprint density at radius 3 is 2.24 bits per heavy atom. The lowest BCUT2D eigenvalue weighted by Gasteiger charge is -2.17. The number of halogens is 4. The van der Waals surface area contributed by atoms with E-state index >= 15 is 0 Å². The normalized spacial score (nSPS) is 14.5. The van der Waals surface area contributed by atoms with Crippen molar-refractivity contribution in [1.29, 1.82) is 0 Å². The van der Waals surface area contributed by atoms with Crippen LogP contribution in [0.25, 0.3) is 5.57 Å². The topological polar surface area (TPSA) is 65.1 Å². The Morgan fingerprint density at radius 2 is 1.62 bits per heavy atom. The minimum atomic E-state index is -4.92.